The van der Waals surface area contributed by atoms with Crippen LogP contribution in [0.4, 0.5) is 0 Å². The molecule has 0 saturated carbocycles. The summed E-state index contributed by atoms with van der Waals surface area (Å²) in [6, 6.07) is 0.270. The second-order valence-electron chi connectivity index (χ2n) is 4.62. The van der Waals surface area contributed by atoms with Crippen LogP contribution in [0, 0.1) is 5.92 Å². The Hall–Kier alpha value is -0.610. The van der Waals surface area contributed by atoms with Gasteiger partial charge >= 0.3 is 5.97 Å². The van der Waals surface area contributed by atoms with Crippen molar-refractivity contribution in [1.29, 1.82) is 0 Å². The van der Waals surface area contributed by atoms with Crippen LogP contribution in [-0.2, 0) is 4.79 Å². The van der Waals surface area contributed by atoms with E-state index < -0.39 is 5.97 Å². The molecule has 0 aromatic rings. The van der Waals surface area contributed by atoms with Gasteiger partial charge in [-0.15, -0.1) is 0 Å². The fourth-order valence-electron chi connectivity index (χ4n) is 1.31. The molecule has 0 aliphatic rings. The van der Waals surface area contributed by atoms with E-state index in [4.69, 9.17) is 10.8 Å². The average molecular weight is 216 g/mol. The molecule has 15 heavy (non-hydrogen) atoms. The van der Waals surface area contributed by atoms with Gasteiger partial charge in [0.25, 0.3) is 0 Å². The predicted molar refractivity (Wildman–Crippen MR) is 61.8 cm³/mol. The van der Waals surface area contributed by atoms with Crippen molar-refractivity contribution in [2.24, 2.45) is 11.7 Å². The van der Waals surface area contributed by atoms with Crippen molar-refractivity contribution in [1.82, 2.24) is 4.90 Å². The molecule has 3 N–H and O–H groups in total. The number of hydrogen-bond donors (Lipinski definition) is 2. The number of rotatable bonds is 7. The molecule has 0 aromatic carbocycles. The topological polar surface area (TPSA) is 66.6 Å². The molecule has 0 rings (SSSR count). The summed E-state index contributed by atoms with van der Waals surface area (Å²) >= 11 is 0. The first-order chi connectivity index (χ1) is 6.84. The molecule has 0 amide bonds. The summed E-state index contributed by atoms with van der Waals surface area (Å²) in [6.45, 7) is 6.99. The number of carboxylic acids is 1. The Balaban J connectivity index is 3.82. The zero-order valence-electron chi connectivity index (χ0n) is 10.2. The van der Waals surface area contributed by atoms with Gasteiger partial charge in [0, 0.05) is 12.1 Å². The third-order valence-corrected chi connectivity index (χ3v) is 2.89. The van der Waals surface area contributed by atoms with Crippen LogP contribution in [0.25, 0.3) is 0 Å². The van der Waals surface area contributed by atoms with Gasteiger partial charge in [-0.1, -0.05) is 13.8 Å². The van der Waals surface area contributed by atoms with E-state index in [1.165, 1.54) is 0 Å². The fourth-order valence-corrected chi connectivity index (χ4v) is 1.31. The SMILES string of the molecule is CC(C)C(N)CCN(C)C(C)CC(=O)O. The maximum Gasteiger partial charge on any atom is 0.304 e. The third kappa shape index (κ3) is 6.47. The van der Waals surface area contributed by atoms with Gasteiger partial charge in [-0.2, -0.15) is 0 Å². The second-order valence-corrected chi connectivity index (χ2v) is 4.62. The lowest BCUT2D eigenvalue weighted by atomic mass is 10.0. The molecule has 0 aliphatic carbocycles. The Morgan fingerprint density at radius 2 is 1.93 bits per heavy atom. The van der Waals surface area contributed by atoms with Crippen LogP contribution in [0.15, 0.2) is 0 Å². The van der Waals surface area contributed by atoms with E-state index >= 15 is 0 Å². The molecule has 0 heterocycles. The highest BCUT2D eigenvalue weighted by Gasteiger charge is 2.14. The quantitative estimate of drug-likeness (QED) is 0.670. The predicted octanol–water partition coefficient (Wildman–Crippen LogP) is 1.15. The van der Waals surface area contributed by atoms with E-state index in [0.29, 0.717) is 5.92 Å². The van der Waals surface area contributed by atoms with E-state index in [1.54, 1.807) is 0 Å². The minimum atomic E-state index is -0.748. The standard InChI is InChI=1S/C11H24N2O2/c1-8(2)10(12)5-6-13(4)9(3)7-11(14)15/h8-10H,5-7,12H2,1-4H3,(H,14,15). The Bertz CT molecular complexity index is 195. The maximum absolute atomic E-state index is 10.5. The summed E-state index contributed by atoms with van der Waals surface area (Å²) < 4.78 is 0. The number of aliphatic carboxylic acids is 1. The minimum Gasteiger partial charge on any atom is -0.481 e. The zero-order chi connectivity index (χ0) is 12.0. The van der Waals surface area contributed by atoms with Gasteiger partial charge < -0.3 is 15.7 Å². The van der Waals surface area contributed by atoms with Crippen LogP contribution < -0.4 is 5.73 Å². The van der Waals surface area contributed by atoms with Crippen LogP contribution in [0.5, 0.6) is 0 Å². The van der Waals surface area contributed by atoms with Crippen molar-refractivity contribution < 1.29 is 9.90 Å². The molecule has 0 fully saturated rings. The summed E-state index contributed by atoms with van der Waals surface area (Å²) in [7, 11) is 1.95. The molecule has 4 nitrogen and oxygen atoms in total. The highest BCUT2D eigenvalue weighted by Crippen LogP contribution is 2.07. The van der Waals surface area contributed by atoms with Crippen molar-refractivity contribution in [3.63, 3.8) is 0 Å². The van der Waals surface area contributed by atoms with Gasteiger partial charge in [0.15, 0.2) is 0 Å². The Morgan fingerprint density at radius 1 is 1.40 bits per heavy atom. The molecule has 0 bridgehead atoms. The lowest BCUT2D eigenvalue weighted by molar-refractivity contribution is -0.138. The Morgan fingerprint density at radius 3 is 2.33 bits per heavy atom. The normalized spacial score (nSPS) is 15.7. The summed E-state index contributed by atoms with van der Waals surface area (Å²) in [4.78, 5) is 12.6. The molecular weight excluding hydrogens is 192 g/mol. The van der Waals surface area contributed by atoms with Crippen molar-refractivity contribution in [3.8, 4) is 0 Å². The van der Waals surface area contributed by atoms with Crippen LogP contribution in [0.1, 0.15) is 33.6 Å². The summed E-state index contributed by atoms with van der Waals surface area (Å²) in [5.41, 5.74) is 5.92. The van der Waals surface area contributed by atoms with Gasteiger partial charge in [-0.25, -0.2) is 0 Å². The first kappa shape index (κ1) is 14.4. The van der Waals surface area contributed by atoms with Crippen molar-refractivity contribution >= 4 is 5.97 Å². The molecule has 0 radical (unpaired) electrons. The highest BCUT2D eigenvalue weighted by atomic mass is 16.4. The smallest absolute Gasteiger partial charge is 0.304 e. The Labute approximate surface area is 92.4 Å². The van der Waals surface area contributed by atoms with Crippen molar-refractivity contribution in [3.05, 3.63) is 0 Å². The number of nitrogens with zero attached hydrogens (tertiary/aromatic N) is 1. The molecule has 0 aromatic heterocycles. The van der Waals surface area contributed by atoms with E-state index in [0.717, 1.165) is 13.0 Å². The number of nitrogens with two attached hydrogens (primary N) is 1. The van der Waals surface area contributed by atoms with Crippen LogP contribution in [0.2, 0.25) is 0 Å². The molecule has 0 aliphatic heterocycles. The van der Waals surface area contributed by atoms with Gasteiger partial charge in [0.2, 0.25) is 0 Å². The molecule has 2 atom stereocenters. The van der Waals surface area contributed by atoms with E-state index in [9.17, 15) is 4.79 Å². The molecule has 90 valence electrons. The van der Waals surface area contributed by atoms with Gasteiger partial charge in [-0.3, -0.25) is 4.79 Å². The third-order valence-electron chi connectivity index (χ3n) is 2.89. The summed E-state index contributed by atoms with van der Waals surface area (Å²) in [5, 5.41) is 8.65. The van der Waals surface area contributed by atoms with E-state index in [2.05, 4.69) is 18.7 Å². The molecule has 4 heteroatoms. The van der Waals surface area contributed by atoms with Crippen LogP contribution in [0.3, 0.4) is 0 Å². The van der Waals surface area contributed by atoms with Gasteiger partial charge in [-0.05, 0) is 32.9 Å². The van der Waals surface area contributed by atoms with Gasteiger partial charge in [0.05, 0.1) is 6.42 Å². The highest BCUT2D eigenvalue weighted by molar-refractivity contribution is 5.67. The summed E-state index contributed by atoms with van der Waals surface area (Å²) in [6.07, 6.45) is 1.10. The van der Waals surface area contributed by atoms with Crippen molar-refractivity contribution in [2.75, 3.05) is 13.6 Å². The largest absolute Gasteiger partial charge is 0.481 e. The average Bonchev–Trinajstić information content (AvgIpc) is 2.12. The first-order valence-electron chi connectivity index (χ1n) is 5.52. The number of carboxylic acid groups (broad SMARTS) is 1. The van der Waals surface area contributed by atoms with E-state index in [-0.39, 0.29) is 18.5 Å². The first-order valence-corrected chi connectivity index (χ1v) is 5.52. The summed E-state index contributed by atoms with van der Waals surface area (Å²) in [5.74, 6) is -0.268. The number of hydrogen-bond acceptors (Lipinski definition) is 3. The maximum atomic E-state index is 10.5. The fraction of sp³-hybridized carbons (Fsp3) is 0.909. The Kier molecular flexibility index (Phi) is 6.52. The van der Waals surface area contributed by atoms with E-state index in [1.807, 2.05) is 14.0 Å². The molecule has 0 spiro atoms. The lowest BCUT2D eigenvalue weighted by Gasteiger charge is -2.25. The second kappa shape index (κ2) is 6.80. The van der Waals surface area contributed by atoms with Crippen LogP contribution >= 0.6 is 0 Å². The zero-order valence-corrected chi connectivity index (χ0v) is 10.2. The van der Waals surface area contributed by atoms with Crippen molar-refractivity contribution in [2.45, 2.75) is 45.7 Å². The lowest BCUT2D eigenvalue weighted by Crippen LogP contribution is -2.36. The van der Waals surface area contributed by atoms with Gasteiger partial charge in [0.1, 0.15) is 0 Å². The molecular formula is C11H24N2O2. The molecule has 0 saturated heterocycles. The molecule has 2 unspecified atom stereocenters. The van der Waals surface area contributed by atoms with Crippen LogP contribution in [-0.4, -0.2) is 41.7 Å². The minimum absolute atomic E-state index is 0.0712. The monoisotopic (exact) mass is 216 g/mol. The number of carbonyl (C=O) groups is 1.